The van der Waals surface area contributed by atoms with Crippen LogP contribution in [0.3, 0.4) is 0 Å². The zero-order valence-corrected chi connectivity index (χ0v) is 13.6. The van der Waals surface area contributed by atoms with Crippen LogP contribution in [0, 0.1) is 6.92 Å². The van der Waals surface area contributed by atoms with Crippen molar-refractivity contribution in [3.63, 3.8) is 0 Å². The van der Waals surface area contributed by atoms with Crippen LogP contribution in [0.15, 0.2) is 53.4 Å². The van der Waals surface area contributed by atoms with Gasteiger partial charge in [-0.2, -0.15) is 8.42 Å². The van der Waals surface area contributed by atoms with Crippen LogP contribution in [0.4, 0.5) is 0 Å². The summed E-state index contributed by atoms with van der Waals surface area (Å²) in [5.41, 5.74) is 1.88. The minimum Gasteiger partial charge on any atom is -0.493 e. The van der Waals surface area contributed by atoms with E-state index in [1.54, 1.807) is 30.3 Å². The van der Waals surface area contributed by atoms with Gasteiger partial charge in [-0.3, -0.25) is 0 Å². The van der Waals surface area contributed by atoms with E-state index >= 15 is 0 Å². The summed E-state index contributed by atoms with van der Waals surface area (Å²) >= 11 is 0. The van der Waals surface area contributed by atoms with Gasteiger partial charge in [0.2, 0.25) is 0 Å². The maximum Gasteiger partial charge on any atom is 0.339 e. The van der Waals surface area contributed by atoms with Crippen LogP contribution >= 0.6 is 0 Å². The van der Waals surface area contributed by atoms with Crippen LogP contribution in [-0.2, 0) is 10.1 Å². The highest BCUT2D eigenvalue weighted by molar-refractivity contribution is 7.87. The number of aryl methyl sites for hydroxylation is 1. The van der Waals surface area contributed by atoms with Crippen LogP contribution in [0.2, 0.25) is 0 Å². The largest absolute Gasteiger partial charge is 0.493 e. The maximum atomic E-state index is 12.3. The molecule has 0 heterocycles. The van der Waals surface area contributed by atoms with Gasteiger partial charge in [-0.15, -0.1) is 0 Å². The highest BCUT2D eigenvalue weighted by Crippen LogP contribution is 2.31. The fraction of sp³-hybridized carbons (Fsp3) is 0.176. The Morgan fingerprint density at radius 1 is 1.00 bits per heavy atom. The monoisotopic (exact) mass is 318 g/mol. The van der Waals surface area contributed by atoms with Gasteiger partial charge < -0.3 is 8.92 Å². The maximum absolute atomic E-state index is 12.3. The Kier molecular flexibility index (Phi) is 4.88. The van der Waals surface area contributed by atoms with Crippen molar-refractivity contribution in [1.82, 2.24) is 0 Å². The Morgan fingerprint density at radius 2 is 1.68 bits per heavy atom. The zero-order chi connectivity index (χ0) is 16.2. The van der Waals surface area contributed by atoms with Gasteiger partial charge in [0, 0.05) is 0 Å². The normalized spacial score (nSPS) is 11.6. The number of hydrogen-bond donors (Lipinski definition) is 0. The first-order valence-electron chi connectivity index (χ1n) is 6.78. The Labute approximate surface area is 131 Å². The molecule has 0 fully saturated rings. The number of benzene rings is 2. The third-order valence-electron chi connectivity index (χ3n) is 3.06. The average molecular weight is 318 g/mol. The van der Waals surface area contributed by atoms with E-state index in [1.807, 2.05) is 26.0 Å². The summed E-state index contributed by atoms with van der Waals surface area (Å²) in [5.74, 6) is 0.530. The van der Waals surface area contributed by atoms with Crippen molar-refractivity contribution in [3.8, 4) is 11.5 Å². The molecule has 116 valence electrons. The first kappa shape index (κ1) is 16.1. The van der Waals surface area contributed by atoms with Crippen LogP contribution in [0.5, 0.6) is 11.5 Å². The fourth-order valence-electron chi connectivity index (χ4n) is 1.92. The molecule has 0 saturated heterocycles. The number of allylic oxidation sites excluding steroid dienone is 1. The summed E-state index contributed by atoms with van der Waals surface area (Å²) in [6, 6.07) is 11.6. The predicted molar refractivity (Wildman–Crippen MR) is 86.7 cm³/mol. The van der Waals surface area contributed by atoms with Crippen molar-refractivity contribution in [2.75, 3.05) is 7.11 Å². The summed E-state index contributed by atoms with van der Waals surface area (Å²) in [6.07, 6.45) is 3.78. The molecule has 0 amide bonds. The van der Waals surface area contributed by atoms with Gasteiger partial charge in [0.1, 0.15) is 4.90 Å². The van der Waals surface area contributed by atoms with E-state index in [9.17, 15) is 8.42 Å². The fourth-order valence-corrected chi connectivity index (χ4v) is 2.86. The van der Waals surface area contributed by atoms with Gasteiger partial charge in [0.05, 0.1) is 7.11 Å². The van der Waals surface area contributed by atoms with Gasteiger partial charge >= 0.3 is 10.1 Å². The van der Waals surface area contributed by atoms with Crippen molar-refractivity contribution in [1.29, 1.82) is 0 Å². The smallest absolute Gasteiger partial charge is 0.339 e. The van der Waals surface area contributed by atoms with E-state index in [2.05, 4.69) is 0 Å². The first-order valence-corrected chi connectivity index (χ1v) is 8.19. The molecule has 0 N–H and O–H groups in total. The molecule has 22 heavy (non-hydrogen) atoms. The Hall–Kier alpha value is -2.27. The summed E-state index contributed by atoms with van der Waals surface area (Å²) in [5, 5.41) is 0. The second kappa shape index (κ2) is 6.66. The molecule has 0 aliphatic rings. The molecule has 0 aliphatic carbocycles. The lowest BCUT2D eigenvalue weighted by Gasteiger charge is -2.11. The molecular formula is C17H18O4S. The van der Waals surface area contributed by atoms with Crippen molar-refractivity contribution in [3.05, 3.63) is 59.7 Å². The van der Waals surface area contributed by atoms with Gasteiger partial charge in [0.25, 0.3) is 0 Å². The molecule has 0 aromatic heterocycles. The minimum absolute atomic E-state index is 0.109. The van der Waals surface area contributed by atoms with E-state index < -0.39 is 10.1 Å². The molecule has 0 radical (unpaired) electrons. The SMILES string of the molecule is C/C=C/c1ccc(OS(=O)(=O)c2ccc(C)cc2)c(OC)c1. The van der Waals surface area contributed by atoms with E-state index in [0.29, 0.717) is 5.75 Å². The van der Waals surface area contributed by atoms with Gasteiger partial charge in [-0.25, -0.2) is 0 Å². The summed E-state index contributed by atoms with van der Waals surface area (Å²) in [4.78, 5) is 0.109. The molecule has 0 saturated carbocycles. The van der Waals surface area contributed by atoms with E-state index in [0.717, 1.165) is 11.1 Å². The predicted octanol–water partition coefficient (Wildman–Crippen LogP) is 3.80. The average Bonchev–Trinajstić information content (AvgIpc) is 2.49. The lowest BCUT2D eigenvalue weighted by atomic mass is 10.2. The Balaban J connectivity index is 2.35. The van der Waals surface area contributed by atoms with Crippen LogP contribution in [0.1, 0.15) is 18.1 Å². The lowest BCUT2D eigenvalue weighted by Crippen LogP contribution is -2.10. The second-order valence-electron chi connectivity index (χ2n) is 4.76. The van der Waals surface area contributed by atoms with Crippen molar-refractivity contribution in [2.45, 2.75) is 18.7 Å². The molecule has 2 aromatic carbocycles. The highest BCUT2D eigenvalue weighted by Gasteiger charge is 2.19. The minimum atomic E-state index is -3.89. The molecule has 0 spiro atoms. The molecule has 0 unspecified atom stereocenters. The van der Waals surface area contributed by atoms with Gasteiger partial charge in [-0.1, -0.05) is 35.9 Å². The van der Waals surface area contributed by atoms with Crippen LogP contribution in [-0.4, -0.2) is 15.5 Å². The molecular weight excluding hydrogens is 300 g/mol. The molecule has 5 heteroatoms. The Morgan fingerprint density at radius 3 is 2.27 bits per heavy atom. The number of methoxy groups -OCH3 is 1. The molecule has 0 aliphatic heterocycles. The standard InChI is InChI=1S/C17H18O4S/c1-4-5-14-8-11-16(17(12-14)20-3)21-22(18,19)15-9-6-13(2)7-10-15/h4-12H,1-3H3/b5-4+. The van der Waals surface area contributed by atoms with Crippen molar-refractivity contribution < 1.29 is 17.3 Å². The van der Waals surface area contributed by atoms with Gasteiger partial charge in [0.15, 0.2) is 11.5 Å². The number of hydrogen-bond acceptors (Lipinski definition) is 4. The molecule has 0 bridgehead atoms. The topological polar surface area (TPSA) is 52.6 Å². The second-order valence-corrected chi connectivity index (χ2v) is 6.31. The number of rotatable bonds is 5. The highest BCUT2D eigenvalue weighted by atomic mass is 32.2. The van der Waals surface area contributed by atoms with E-state index in [4.69, 9.17) is 8.92 Å². The van der Waals surface area contributed by atoms with Crippen molar-refractivity contribution in [2.24, 2.45) is 0 Å². The lowest BCUT2D eigenvalue weighted by molar-refractivity contribution is 0.390. The van der Waals surface area contributed by atoms with Crippen LogP contribution in [0.25, 0.3) is 6.08 Å². The third kappa shape index (κ3) is 3.68. The van der Waals surface area contributed by atoms with E-state index in [1.165, 1.54) is 19.2 Å². The van der Waals surface area contributed by atoms with Crippen LogP contribution < -0.4 is 8.92 Å². The van der Waals surface area contributed by atoms with Gasteiger partial charge in [-0.05, 0) is 43.7 Å². The summed E-state index contributed by atoms with van der Waals surface area (Å²) in [6.45, 7) is 3.79. The van der Waals surface area contributed by atoms with E-state index in [-0.39, 0.29) is 10.6 Å². The molecule has 2 rings (SSSR count). The molecule has 4 nitrogen and oxygen atoms in total. The number of ether oxygens (including phenoxy) is 1. The molecule has 0 atom stereocenters. The first-order chi connectivity index (χ1) is 10.5. The van der Waals surface area contributed by atoms with Crippen molar-refractivity contribution >= 4 is 16.2 Å². The zero-order valence-electron chi connectivity index (χ0n) is 12.7. The third-order valence-corrected chi connectivity index (χ3v) is 4.30. The molecule has 2 aromatic rings. The Bertz CT molecular complexity index is 775. The summed E-state index contributed by atoms with van der Waals surface area (Å²) < 4.78 is 35.0. The quantitative estimate of drug-likeness (QED) is 0.787. The summed E-state index contributed by atoms with van der Waals surface area (Å²) in [7, 11) is -2.41.